The smallest absolute Gasteiger partial charge is 0.416 e. The molecule has 5 nitrogen and oxygen atoms in total. The van der Waals surface area contributed by atoms with Crippen LogP contribution in [-0.2, 0) is 37.1 Å². The largest absolute Gasteiger partial charge is 0.489 e. The van der Waals surface area contributed by atoms with E-state index < -0.39 is 11.7 Å². The highest BCUT2D eigenvalue weighted by Crippen LogP contribution is 2.32. The summed E-state index contributed by atoms with van der Waals surface area (Å²) >= 11 is 0. The van der Waals surface area contributed by atoms with E-state index >= 15 is 0 Å². The van der Waals surface area contributed by atoms with E-state index in [2.05, 4.69) is 5.32 Å². The lowest BCUT2D eigenvalue weighted by Crippen LogP contribution is -2.26. The van der Waals surface area contributed by atoms with E-state index in [-0.39, 0.29) is 18.2 Å². The topological polar surface area (TPSA) is 58.6 Å². The minimum absolute atomic E-state index is 0.000193. The lowest BCUT2D eigenvalue weighted by atomic mass is 9.98. The molecule has 1 aliphatic rings. The van der Waals surface area contributed by atoms with Crippen LogP contribution in [0.4, 0.5) is 18.9 Å². The van der Waals surface area contributed by atoms with Crippen LogP contribution in [0.25, 0.3) is 11.1 Å². The molecule has 8 heteroatoms. The van der Waals surface area contributed by atoms with Crippen LogP contribution in [0.3, 0.4) is 0 Å². The van der Waals surface area contributed by atoms with E-state index in [1.54, 1.807) is 35.2 Å². The highest BCUT2D eigenvalue weighted by Gasteiger charge is 2.30. The van der Waals surface area contributed by atoms with Gasteiger partial charge in [-0.1, -0.05) is 78.9 Å². The number of hydrogen-bond acceptors (Lipinski definition) is 3. The van der Waals surface area contributed by atoms with Gasteiger partial charge in [0.25, 0.3) is 5.91 Å². The molecule has 1 aliphatic heterocycles. The van der Waals surface area contributed by atoms with Crippen LogP contribution < -0.4 is 10.1 Å². The van der Waals surface area contributed by atoms with Crippen LogP contribution in [0.2, 0.25) is 0 Å². The standard InChI is InChI=1S/C37H29F3N2O3/c38-37(39,40)30-15-12-27(13-16-30)33-8-4-5-9-34(33)36(44)41-31-17-14-28-22-42(23-29(28)21-31)35(43)20-25-10-18-32(19-11-25)45-24-26-6-2-1-3-7-26/h1-19,21H,20,22-24H2,(H,41,44). The van der Waals surface area contributed by atoms with Crippen molar-refractivity contribution < 1.29 is 27.5 Å². The third-order valence-electron chi connectivity index (χ3n) is 7.76. The molecule has 0 atom stereocenters. The van der Waals surface area contributed by atoms with Gasteiger partial charge in [0.05, 0.1) is 12.0 Å². The number of amides is 2. The molecule has 1 N–H and O–H groups in total. The summed E-state index contributed by atoms with van der Waals surface area (Å²) in [5.41, 5.74) is 5.12. The van der Waals surface area contributed by atoms with Gasteiger partial charge >= 0.3 is 6.18 Å². The highest BCUT2D eigenvalue weighted by molar-refractivity contribution is 6.08. The van der Waals surface area contributed by atoms with Gasteiger partial charge in [0, 0.05) is 24.3 Å². The van der Waals surface area contributed by atoms with Crippen LogP contribution in [0.15, 0.2) is 121 Å². The molecule has 0 saturated heterocycles. The zero-order chi connectivity index (χ0) is 31.4. The maximum absolute atomic E-state index is 13.3. The third-order valence-corrected chi connectivity index (χ3v) is 7.76. The first kappa shape index (κ1) is 29.7. The minimum atomic E-state index is -4.44. The minimum Gasteiger partial charge on any atom is -0.489 e. The van der Waals surface area contributed by atoms with Crippen molar-refractivity contribution >= 4 is 17.5 Å². The van der Waals surface area contributed by atoms with Crippen molar-refractivity contribution in [2.45, 2.75) is 32.3 Å². The number of halogens is 3. The average molecular weight is 607 g/mol. The van der Waals surface area contributed by atoms with Crippen LogP contribution >= 0.6 is 0 Å². The molecule has 0 spiro atoms. The Bertz CT molecular complexity index is 1820. The van der Waals surface area contributed by atoms with E-state index in [1.807, 2.05) is 66.7 Å². The van der Waals surface area contributed by atoms with Crippen molar-refractivity contribution in [2.75, 3.05) is 5.32 Å². The quantitative estimate of drug-likeness (QED) is 0.193. The molecule has 45 heavy (non-hydrogen) atoms. The molecule has 1 heterocycles. The van der Waals surface area contributed by atoms with Crippen molar-refractivity contribution in [2.24, 2.45) is 0 Å². The number of benzene rings is 5. The fraction of sp³-hybridized carbons (Fsp3) is 0.135. The molecule has 226 valence electrons. The summed E-state index contributed by atoms with van der Waals surface area (Å²) in [7, 11) is 0. The number of hydrogen-bond donors (Lipinski definition) is 1. The summed E-state index contributed by atoms with van der Waals surface area (Å²) in [4.78, 5) is 28.2. The number of alkyl halides is 3. The lowest BCUT2D eigenvalue weighted by molar-refractivity contribution is -0.137. The Hall–Kier alpha value is -5.37. The molecule has 0 fully saturated rings. The van der Waals surface area contributed by atoms with Gasteiger partial charge in [-0.05, 0) is 75.8 Å². The van der Waals surface area contributed by atoms with Gasteiger partial charge in [-0.3, -0.25) is 9.59 Å². The Kier molecular flexibility index (Phi) is 8.38. The number of carbonyl (C=O) groups excluding carboxylic acids is 2. The summed E-state index contributed by atoms with van der Waals surface area (Å²) in [6.45, 7) is 1.38. The summed E-state index contributed by atoms with van der Waals surface area (Å²) < 4.78 is 44.9. The van der Waals surface area contributed by atoms with Crippen molar-refractivity contribution in [3.8, 4) is 16.9 Å². The summed E-state index contributed by atoms with van der Waals surface area (Å²) in [6, 6.07) is 34.5. The number of nitrogens with one attached hydrogen (secondary N) is 1. The molecule has 0 unspecified atom stereocenters. The van der Waals surface area contributed by atoms with E-state index in [0.29, 0.717) is 42.1 Å². The zero-order valence-corrected chi connectivity index (χ0v) is 24.2. The van der Waals surface area contributed by atoms with Crippen molar-refractivity contribution in [3.63, 3.8) is 0 Å². The fourth-order valence-electron chi connectivity index (χ4n) is 5.35. The van der Waals surface area contributed by atoms with E-state index in [1.165, 1.54) is 12.1 Å². The Morgan fingerprint density at radius 2 is 1.42 bits per heavy atom. The van der Waals surface area contributed by atoms with Gasteiger partial charge in [0.15, 0.2) is 0 Å². The number of ether oxygens (including phenoxy) is 1. The summed E-state index contributed by atoms with van der Waals surface area (Å²) in [6.07, 6.45) is -4.18. The Morgan fingerprint density at radius 1 is 0.733 bits per heavy atom. The monoisotopic (exact) mass is 606 g/mol. The van der Waals surface area contributed by atoms with E-state index in [0.717, 1.165) is 40.1 Å². The third kappa shape index (κ3) is 7.07. The lowest BCUT2D eigenvalue weighted by Gasteiger charge is -2.15. The van der Waals surface area contributed by atoms with Gasteiger partial charge in [0.2, 0.25) is 5.91 Å². The van der Waals surface area contributed by atoms with Gasteiger partial charge in [0.1, 0.15) is 12.4 Å². The maximum Gasteiger partial charge on any atom is 0.416 e. The van der Waals surface area contributed by atoms with Crippen LogP contribution in [0.5, 0.6) is 5.75 Å². The first-order chi connectivity index (χ1) is 21.7. The fourth-order valence-corrected chi connectivity index (χ4v) is 5.35. The summed E-state index contributed by atoms with van der Waals surface area (Å²) in [5.74, 6) is 0.355. The second kappa shape index (κ2) is 12.7. The molecular weight excluding hydrogens is 577 g/mol. The van der Waals surface area contributed by atoms with Crippen molar-refractivity contribution in [1.29, 1.82) is 0 Å². The zero-order valence-electron chi connectivity index (χ0n) is 24.2. The average Bonchev–Trinajstić information content (AvgIpc) is 3.48. The van der Waals surface area contributed by atoms with Gasteiger partial charge in [-0.15, -0.1) is 0 Å². The van der Waals surface area contributed by atoms with Crippen molar-refractivity contribution in [3.05, 3.63) is 155 Å². The van der Waals surface area contributed by atoms with E-state index in [4.69, 9.17) is 4.74 Å². The molecule has 2 amide bonds. The first-order valence-corrected chi connectivity index (χ1v) is 14.5. The highest BCUT2D eigenvalue weighted by atomic mass is 19.4. The SMILES string of the molecule is O=C(Nc1ccc2c(c1)CN(C(=O)Cc1ccc(OCc3ccccc3)cc1)C2)c1ccccc1-c1ccc(C(F)(F)F)cc1. The molecule has 0 aliphatic carbocycles. The van der Waals surface area contributed by atoms with E-state index in [9.17, 15) is 22.8 Å². The normalized spacial score (nSPS) is 12.5. The number of anilines is 1. The van der Waals surface area contributed by atoms with Crippen LogP contribution in [0, 0.1) is 0 Å². The Morgan fingerprint density at radius 3 is 2.16 bits per heavy atom. The predicted molar refractivity (Wildman–Crippen MR) is 166 cm³/mol. The number of rotatable bonds is 8. The second-order valence-corrected chi connectivity index (χ2v) is 10.9. The number of nitrogens with zero attached hydrogens (tertiary/aromatic N) is 1. The molecule has 0 saturated carbocycles. The molecule has 0 aromatic heterocycles. The summed E-state index contributed by atoms with van der Waals surface area (Å²) in [5, 5.41) is 2.91. The number of carbonyl (C=O) groups is 2. The predicted octanol–water partition coefficient (Wildman–Crippen LogP) is 8.29. The molecule has 0 radical (unpaired) electrons. The second-order valence-electron chi connectivity index (χ2n) is 10.9. The van der Waals surface area contributed by atoms with Crippen LogP contribution in [0.1, 0.15) is 38.2 Å². The molecule has 0 bridgehead atoms. The Balaban J connectivity index is 1.07. The molecule has 5 aromatic rings. The molecular formula is C37H29F3N2O3. The number of fused-ring (bicyclic) bond motifs is 1. The van der Waals surface area contributed by atoms with Crippen molar-refractivity contribution in [1.82, 2.24) is 4.90 Å². The van der Waals surface area contributed by atoms with Crippen LogP contribution in [-0.4, -0.2) is 16.7 Å². The van der Waals surface area contributed by atoms with Gasteiger partial charge in [-0.25, -0.2) is 0 Å². The molecule has 5 aromatic carbocycles. The van der Waals surface area contributed by atoms with Gasteiger partial charge in [-0.2, -0.15) is 13.2 Å². The Labute approximate surface area is 258 Å². The first-order valence-electron chi connectivity index (χ1n) is 14.5. The maximum atomic E-state index is 13.3. The molecule has 6 rings (SSSR count). The van der Waals surface area contributed by atoms with Gasteiger partial charge < -0.3 is 15.0 Å².